The van der Waals surface area contributed by atoms with Gasteiger partial charge in [0.25, 0.3) is 0 Å². The molecule has 18 heavy (non-hydrogen) atoms. The van der Waals surface area contributed by atoms with Crippen LogP contribution in [0.3, 0.4) is 0 Å². The van der Waals surface area contributed by atoms with Gasteiger partial charge in [0.2, 0.25) is 10.0 Å². The van der Waals surface area contributed by atoms with Gasteiger partial charge in [0.1, 0.15) is 10.7 Å². The van der Waals surface area contributed by atoms with Crippen molar-refractivity contribution in [2.75, 3.05) is 6.54 Å². The quantitative estimate of drug-likeness (QED) is 0.869. The van der Waals surface area contributed by atoms with E-state index in [1.54, 1.807) is 4.72 Å². The maximum Gasteiger partial charge on any atom is 0.390 e. The van der Waals surface area contributed by atoms with Crippen LogP contribution in [0, 0.1) is 5.82 Å². The average Bonchev–Trinajstić information content (AvgIpc) is 2.13. The summed E-state index contributed by atoms with van der Waals surface area (Å²) in [7, 11) is -4.40. The van der Waals surface area contributed by atoms with Gasteiger partial charge in [0, 0.05) is 6.54 Å². The number of hydrogen-bond acceptors (Lipinski definition) is 2. The van der Waals surface area contributed by atoms with Crippen LogP contribution in [0.1, 0.15) is 6.42 Å². The lowest BCUT2D eigenvalue weighted by atomic mass is 10.3. The van der Waals surface area contributed by atoms with Gasteiger partial charge >= 0.3 is 6.18 Å². The Morgan fingerprint density at radius 1 is 1.28 bits per heavy atom. The van der Waals surface area contributed by atoms with Crippen LogP contribution in [0.2, 0.25) is 5.02 Å². The molecule has 3 nitrogen and oxygen atoms in total. The first kappa shape index (κ1) is 15.2. The van der Waals surface area contributed by atoms with E-state index in [9.17, 15) is 26.0 Å². The van der Waals surface area contributed by atoms with Crippen LogP contribution in [-0.2, 0) is 10.0 Å². The van der Waals surface area contributed by atoms with Gasteiger partial charge in [-0.3, -0.25) is 0 Å². The van der Waals surface area contributed by atoms with Crippen molar-refractivity contribution in [1.29, 1.82) is 0 Å². The number of hydrogen-bond donors (Lipinski definition) is 1. The highest BCUT2D eigenvalue weighted by Gasteiger charge is 2.29. The van der Waals surface area contributed by atoms with Gasteiger partial charge < -0.3 is 0 Å². The van der Waals surface area contributed by atoms with E-state index in [1.165, 1.54) is 6.07 Å². The minimum absolute atomic E-state index is 0.394. The van der Waals surface area contributed by atoms with Gasteiger partial charge in [0.05, 0.1) is 11.4 Å². The number of sulfonamides is 1. The molecule has 0 fully saturated rings. The second-order valence-corrected chi connectivity index (χ2v) is 5.42. The van der Waals surface area contributed by atoms with E-state index in [0.717, 1.165) is 12.1 Å². The number of alkyl halides is 3. The molecule has 1 aromatic rings. The van der Waals surface area contributed by atoms with E-state index in [4.69, 9.17) is 11.6 Å². The van der Waals surface area contributed by atoms with Crippen molar-refractivity contribution >= 4 is 21.6 Å². The maximum atomic E-state index is 13.3. The highest BCUT2D eigenvalue weighted by Crippen LogP contribution is 2.24. The molecule has 0 atom stereocenters. The van der Waals surface area contributed by atoms with Gasteiger partial charge in [-0.15, -0.1) is 0 Å². The van der Waals surface area contributed by atoms with Crippen molar-refractivity contribution < 1.29 is 26.0 Å². The molecule has 0 bridgehead atoms. The molecule has 1 aromatic carbocycles. The highest BCUT2D eigenvalue weighted by atomic mass is 35.5. The summed E-state index contributed by atoms with van der Waals surface area (Å²) in [5, 5.41) is -0.394. The minimum atomic E-state index is -4.50. The zero-order valence-corrected chi connectivity index (χ0v) is 10.3. The van der Waals surface area contributed by atoms with Crippen LogP contribution in [0.25, 0.3) is 0 Å². The molecule has 0 unspecified atom stereocenters. The van der Waals surface area contributed by atoms with Crippen LogP contribution in [-0.4, -0.2) is 21.1 Å². The summed E-state index contributed by atoms with van der Waals surface area (Å²) in [6.07, 6.45) is -5.85. The number of benzene rings is 1. The predicted molar refractivity (Wildman–Crippen MR) is 57.3 cm³/mol. The highest BCUT2D eigenvalue weighted by molar-refractivity contribution is 7.89. The standard InChI is InChI=1S/C9H8ClF4NO2S/c10-6-2-1-3-7(11)8(6)18(16,17)15-5-4-9(12,13)14/h1-3,15H,4-5H2. The van der Waals surface area contributed by atoms with Gasteiger partial charge in [-0.05, 0) is 12.1 Å². The van der Waals surface area contributed by atoms with Crippen LogP contribution >= 0.6 is 11.6 Å². The van der Waals surface area contributed by atoms with E-state index >= 15 is 0 Å². The molecule has 102 valence electrons. The molecule has 0 aliphatic carbocycles. The maximum absolute atomic E-state index is 13.3. The molecule has 0 aliphatic heterocycles. The SMILES string of the molecule is O=S(=O)(NCCC(F)(F)F)c1c(F)cccc1Cl. The zero-order valence-electron chi connectivity index (χ0n) is 8.76. The lowest BCUT2D eigenvalue weighted by Gasteiger charge is -2.10. The molecule has 0 aromatic heterocycles. The molecule has 0 spiro atoms. The zero-order chi connectivity index (χ0) is 14.0. The van der Waals surface area contributed by atoms with Crippen molar-refractivity contribution in [2.45, 2.75) is 17.5 Å². The van der Waals surface area contributed by atoms with Crippen LogP contribution in [0.5, 0.6) is 0 Å². The monoisotopic (exact) mass is 305 g/mol. The first-order valence-electron chi connectivity index (χ1n) is 4.64. The van der Waals surface area contributed by atoms with Crippen molar-refractivity contribution in [3.05, 3.63) is 29.0 Å². The summed E-state index contributed by atoms with van der Waals surface area (Å²) in [5.41, 5.74) is 0. The van der Waals surface area contributed by atoms with E-state index in [0.29, 0.717) is 0 Å². The normalized spacial score (nSPS) is 12.7. The van der Waals surface area contributed by atoms with Gasteiger partial charge in [-0.25, -0.2) is 17.5 Å². The third-order valence-corrected chi connectivity index (χ3v) is 3.85. The number of halogens is 5. The Labute approximate surface area is 106 Å². The van der Waals surface area contributed by atoms with Gasteiger partial charge in [-0.2, -0.15) is 13.2 Å². The first-order chi connectivity index (χ1) is 8.13. The third kappa shape index (κ3) is 4.11. The Hall–Kier alpha value is -0.860. The third-order valence-electron chi connectivity index (χ3n) is 1.89. The van der Waals surface area contributed by atoms with Crippen LogP contribution in [0.15, 0.2) is 23.1 Å². The predicted octanol–water partition coefficient (Wildman–Crippen LogP) is 2.71. The molecule has 1 N–H and O–H groups in total. The van der Waals surface area contributed by atoms with Crippen molar-refractivity contribution in [3.63, 3.8) is 0 Å². The average molecular weight is 306 g/mol. The molecule has 0 radical (unpaired) electrons. The fraction of sp³-hybridized carbons (Fsp3) is 0.333. The molecule has 0 amide bonds. The second-order valence-electron chi connectivity index (χ2n) is 3.31. The fourth-order valence-corrected chi connectivity index (χ4v) is 2.77. The summed E-state index contributed by atoms with van der Waals surface area (Å²) in [6, 6.07) is 3.17. The van der Waals surface area contributed by atoms with Gasteiger partial charge in [-0.1, -0.05) is 17.7 Å². The molecule has 0 saturated heterocycles. The summed E-state index contributed by atoms with van der Waals surface area (Å²) < 4.78 is 73.6. The molecule has 1 rings (SSSR count). The fourth-order valence-electron chi connectivity index (χ4n) is 1.14. The lowest BCUT2D eigenvalue weighted by molar-refractivity contribution is -0.132. The van der Waals surface area contributed by atoms with Crippen molar-refractivity contribution in [1.82, 2.24) is 4.72 Å². The van der Waals surface area contributed by atoms with Gasteiger partial charge in [0.15, 0.2) is 0 Å². The summed E-state index contributed by atoms with van der Waals surface area (Å²) in [5.74, 6) is -1.12. The van der Waals surface area contributed by atoms with E-state index in [2.05, 4.69) is 0 Å². The Morgan fingerprint density at radius 3 is 2.39 bits per heavy atom. The molecular weight excluding hydrogens is 298 g/mol. The van der Waals surface area contributed by atoms with E-state index in [-0.39, 0.29) is 0 Å². The van der Waals surface area contributed by atoms with Crippen molar-refractivity contribution in [2.24, 2.45) is 0 Å². The van der Waals surface area contributed by atoms with Crippen molar-refractivity contribution in [3.8, 4) is 0 Å². The summed E-state index contributed by atoms with van der Waals surface area (Å²) in [6.45, 7) is -0.878. The smallest absolute Gasteiger partial charge is 0.211 e. The molecule has 0 saturated carbocycles. The lowest BCUT2D eigenvalue weighted by Crippen LogP contribution is -2.29. The summed E-state index contributed by atoms with van der Waals surface area (Å²) >= 11 is 5.50. The molecule has 0 heterocycles. The van der Waals surface area contributed by atoms with Crippen LogP contribution in [0.4, 0.5) is 17.6 Å². The largest absolute Gasteiger partial charge is 0.390 e. The van der Waals surface area contributed by atoms with E-state index < -0.39 is 44.9 Å². The Bertz CT molecular complexity index is 510. The molecular formula is C9H8ClF4NO2S. The van der Waals surface area contributed by atoms with E-state index in [1.807, 2.05) is 0 Å². The topological polar surface area (TPSA) is 46.2 Å². The number of rotatable bonds is 4. The Balaban J connectivity index is 2.88. The molecule has 0 aliphatic rings. The Morgan fingerprint density at radius 2 is 1.89 bits per heavy atom. The van der Waals surface area contributed by atoms with Crippen LogP contribution < -0.4 is 4.72 Å². The summed E-state index contributed by atoms with van der Waals surface area (Å²) in [4.78, 5) is -0.853. The first-order valence-corrected chi connectivity index (χ1v) is 6.50. The Kier molecular flexibility index (Phi) is 4.57. The number of nitrogens with one attached hydrogen (secondary N) is 1. The second kappa shape index (κ2) is 5.41. The minimum Gasteiger partial charge on any atom is -0.211 e. The molecule has 9 heteroatoms.